The van der Waals surface area contributed by atoms with Gasteiger partial charge in [-0.25, -0.2) is 4.98 Å². The van der Waals surface area contributed by atoms with Crippen LogP contribution in [0.25, 0.3) is 0 Å². The SMILES string of the molecule is Cc1nc(NC2(CCl)CCCC2)sc1C. The molecule has 0 unspecified atom stereocenters. The third-order valence-corrected chi connectivity index (χ3v) is 4.72. The van der Waals surface area contributed by atoms with Gasteiger partial charge in [-0.3, -0.25) is 0 Å². The summed E-state index contributed by atoms with van der Waals surface area (Å²) in [7, 11) is 0. The quantitative estimate of drug-likeness (QED) is 0.820. The van der Waals surface area contributed by atoms with Gasteiger partial charge in [-0.2, -0.15) is 0 Å². The minimum atomic E-state index is 0.109. The van der Waals surface area contributed by atoms with Gasteiger partial charge in [0.05, 0.1) is 11.2 Å². The number of aromatic nitrogens is 1. The van der Waals surface area contributed by atoms with Crippen molar-refractivity contribution in [3.8, 4) is 0 Å². The molecule has 15 heavy (non-hydrogen) atoms. The lowest BCUT2D eigenvalue weighted by atomic mass is 10.0. The van der Waals surface area contributed by atoms with Gasteiger partial charge in [0.1, 0.15) is 0 Å². The minimum Gasteiger partial charge on any atom is -0.355 e. The molecule has 84 valence electrons. The van der Waals surface area contributed by atoms with Gasteiger partial charge in [-0.05, 0) is 26.7 Å². The number of aryl methyl sites for hydroxylation is 2. The molecular weight excluding hydrogens is 228 g/mol. The van der Waals surface area contributed by atoms with Crippen LogP contribution in [-0.2, 0) is 0 Å². The molecule has 0 aromatic carbocycles. The molecule has 1 aromatic rings. The first-order valence-corrected chi connectivity index (χ1v) is 6.78. The van der Waals surface area contributed by atoms with Gasteiger partial charge in [0.15, 0.2) is 5.13 Å². The van der Waals surface area contributed by atoms with E-state index in [1.165, 1.54) is 30.6 Å². The van der Waals surface area contributed by atoms with Crippen molar-refractivity contribution in [1.82, 2.24) is 4.98 Å². The fourth-order valence-electron chi connectivity index (χ4n) is 2.10. The van der Waals surface area contributed by atoms with Gasteiger partial charge in [0.25, 0.3) is 0 Å². The van der Waals surface area contributed by atoms with Crippen molar-refractivity contribution in [1.29, 1.82) is 0 Å². The van der Waals surface area contributed by atoms with E-state index in [-0.39, 0.29) is 5.54 Å². The molecule has 1 aromatic heterocycles. The lowest BCUT2D eigenvalue weighted by Crippen LogP contribution is -2.36. The summed E-state index contributed by atoms with van der Waals surface area (Å²) in [6.07, 6.45) is 4.91. The summed E-state index contributed by atoms with van der Waals surface area (Å²) in [6, 6.07) is 0. The fraction of sp³-hybridized carbons (Fsp3) is 0.727. The highest BCUT2D eigenvalue weighted by atomic mass is 35.5. The molecule has 0 radical (unpaired) electrons. The largest absolute Gasteiger partial charge is 0.355 e. The van der Waals surface area contributed by atoms with E-state index in [9.17, 15) is 0 Å². The number of hydrogen-bond donors (Lipinski definition) is 1. The molecule has 0 saturated heterocycles. The zero-order valence-electron chi connectivity index (χ0n) is 9.27. The number of halogens is 1. The Morgan fingerprint density at radius 2 is 2.07 bits per heavy atom. The third-order valence-electron chi connectivity index (χ3n) is 3.22. The van der Waals surface area contributed by atoms with Gasteiger partial charge in [0.2, 0.25) is 0 Å². The van der Waals surface area contributed by atoms with Crippen LogP contribution in [0, 0.1) is 13.8 Å². The number of hydrogen-bond acceptors (Lipinski definition) is 3. The maximum atomic E-state index is 6.08. The molecule has 0 aliphatic heterocycles. The van der Waals surface area contributed by atoms with Crippen LogP contribution in [0.15, 0.2) is 0 Å². The molecule has 0 bridgehead atoms. The highest BCUT2D eigenvalue weighted by Crippen LogP contribution is 2.35. The summed E-state index contributed by atoms with van der Waals surface area (Å²) in [5, 5.41) is 4.58. The highest BCUT2D eigenvalue weighted by molar-refractivity contribution is 7.15. The Balaban J connectivity index is 2.12. The Kier molecular flexibility index (Phi) is 3.21. The standard InChI is InChI=1S/C11H17ClN2S/c1-8-9(2)15-10(13-8)14-11(7-12)5-3-4-6-11/h3-7H2,1-2H3,(H,13,14). The second-order valence-corrected chi connectivity index (χ2v) is 5.88. The average molecular weight is 245 g/mol. The molecule has 0 spiro atoms. The van der Waals surface area contributed by atoms with Crippen LogP contribution in [0.4, 0.5) is 5.13 Å². The summed E-state index contributed by atoms with van der Waals surface area (Å²) in [5.41, 5.74) is 1.24. The molecule has 1 aliphatic rings. The van der Waals surface area contributed by atoms with E-state index < -0.39 is 0 Å². The molecule has 0 atom stereocenters. The first-order valence-electron chi connectivity index (χ1n) is 5.43. The molecular formula is C11H17ClN2S. The van der Waals surface area contributed by atoms with Crippen LogP contribution in [0.2, 0.25) is 0 Å². The summed E-state index contributed by atoms with van der Waals surface area (Å²) >= 11 is 7.81. The van der Waals surface area contributed by atoms with Crippen molar-refractivity contribution < 1.29 is 0 Å². The predicted octanol–water partition coefficient (Wildman–Crippen LogP) is 3.72. The van der Waals surface area contributed by atoms with Crippen molar-refractivity contribution in [2.24, 2.45) is 0 Å². The van der Waals surface area contributed by atoms with Crippen LogP contribution in [0.3, 0.4) is 0 Å². The Morgan fingerprint density at radius 3 is 2.53 bits per heavy atom. The van der Waals surface area contributed by atoms with E-state index >= 15 is 0 Å². The summed E-state index contributed by atoms with van der Waals surface area (Å²) in [5.74, 6) is 0.685. The smallest absolute Gasteiger partial charge is 0.183 e. The highest BCUT2D eigenvalue weighted by Gasteiger charge is 2.33. The van der Waals surface area contributed by atoms with Crippen molar-refractivity contribution in [3.05, 3.63) is 10.6 Å². The molecule has 1 saturated carbocycles. The molecule has 1 aliphatic carbocycles. The third kappa shape index (κ3) is 2.28. The summed E-state index contributed by atoms with van der Waals surface area (Å²) in [6.45, 7) is 4.17. The monoisotopic (exact) mass is 244 g/mol. The Morgan fingerprint density at radius 1 is 1.40 bits per heavy atom. The van der Waals surface area contributed by atoms with Gasteiger partial charge >= 0.3 is 0 Å². The molecule has 1 N–H and O–H groups in total. The maximum absolute atomic E-state index is 6.08. The lowest BCUT2D eigenvalue weighted by Gasteiger charge is -2.27. The van der Waals surface area contributed by atoms with E-state index in [1.807, 2.05) is 0 Å². The van der Waals surface area contributed by atoms with Crippen molar-refractivity contribution in [3.63, 3.8) is 0 Å². The second kappa shape index (κ2) is 4.30. The van der Waals surface area contributed by atoms with E-state index in [0.717, 1.165) is 10.8 Å². The summed E-state index contributed by atoms with van der Waals surface area (Å²) in [4.78, 5) is 5.81. The molecule has 0 amide bonds. The Labute approximate surface area is 100 Å². The van der Waals surface area contributed by atoms with Crippen molar-refractivity contribution >= 4 is 28.1 Å². The van der Waals surface area contributed by atoms with Gasteiger partial charge in [-0.1, -0.05) is 12.8 Å². The minimum absolute atomic E-state index is 0.109. The zero-order chi connectivity index (χ0) is 10.9. The summed E-state index contributed by atoms with van der Waals surface area (Å²) < 4.78 is 0. The molecule has 2 nitrogen and oxygen atoms in total. The Bertz CT molecular complexity index is 323. The number of anilines is 1. The van der Waals surface area contributed by atoms with E-state index in [0.29, 0.717) is 5.88 Å². The molecule has 4 heteroatoms. The number of thiazole rings is 1. The van der Waals surface area contributed by atoms with E-state index in [1.54, 1.807) is 11.3 Å². The number of rotatable bonds is 3. The predicted molar refractivity (Wildman–Crippen MR) is 67.1 cm³/mol. The van der Waals surface area contributed by atoms with Gasteiger partial charge < -0.3 is 5.32 Å². The number of nitrogens with one attached hydrogen (secondary N) is 1. The Hall–Kier alpha value is -0.280. The van der Waals surface area contributed by atoms with Gasteiger partial charge in [0, 0.05) is 10.8 Å². The average Bonchev–Trinajstić information content (AvgIpc) is 2.77. The van der Waals surface area contributed by atoms with Crippen molar-refractivity contribution in [2.75, 3.05) is 11.2 Å². The van der Waals surface area contributed by atoms with E-state index in [4.69, 9.17) is 11.6 Å². The topological polar surface area (TPSA) is 24.9 Å². The lowest BCUT2D eigenvalue weighted by molar-refractivity contribution is 0.539. The van der Waals surface area contributed by atoms with Crippen molar-refractivity contribution in [2.45, 2.75) is 45.1 Å². The second-order valence-electron chi connectivity index (χ2n) is 4.41. The number of nitrogens with zero attached hydrogens (tertiary/aromatic N) is 1. The molecule has 1 heterocycles. The van der Waals surface area contributed by atoms with E-state index in [2.05, 4.69) is 24.1 Å². The number of alkyl halides is 1. The molecule has 1 fully saturated rings. The first-order chi connectivity index (χ1) is 7.15. The fourth-order valence-corrected chi connectivity index (χ4v) is 3.36. The molecule has 2 rings (SSSR count). The van der Waals surface area contributed by atoms with Gasteiger partial charge in [-0.15, -0.1) is 22.9 Å². The van der Waals surface area contributed by atoms with Crippen LogP contribution in [0.1, 0.15) is 36.3 Å². The maximum Gasteiger partial charge on any atom is 0.183 e. The van der Waals surface area contributed by atoms with Crippen LogP contribution >= 0.6 is 22.9 Å². The normalized spacial score (nSPS) is 19.4. The van der Waals surface area contributed by atoms with Crippen LogP contribution in [-0.4, -0.2) is 16.4 Å². The van der Waals surface area contributed by atoms with Crippen LogP contribution < -0.4 is 5.32 Å². The first kappa shape index (κ1) is 11.2. The van der Waals surface area contributed by atoms with Crippen LogP contribution in [0.5, 0.6) is 0 Å². The zero-order valence-corrected chi connectivity index (χ0v) is 10.8.